The molecule has 8 heterocycles. The van der Waals surface area contributed by atoms with E-state index in [2.05, 4.69) is 88.0 Å². The Kier molecular flexibility index (Phi) is 35.8. The Morgan fingerprint density at radius 2 is 0.671 bits per heavy atom. The Morgan fingerprint density at radius 3 is 0.979 bits per heavy atom. The van der Waals surface area contributed by atoms with E-state index in [1.165, 1.54) is 81.7 Å². The molecule has 17 rings (SSSR count). The molecule has 1 unspecified atom stereocenters. The summed E-state index contributed by atoms with van der Waals surface area (Å²) in [6.07, 6.45) is 0.357. The van der Waals surface area contributed by atoms with E-state index in [4.69, 9.17) is 47.9 Å². The maximum atomic E-state index is 13.9. The van der Waals surface area contributed by atoms with Crippen LogP contribution in [0.2, 0.25) is 0 Å². The second-order valence-electron chi connectivity index (χ2n) is 35.8. The van der Waals surface area contributed by atoms with Gasteiger partial charge in [-0.15, -0.1) is 45.3 Å². The van der Waals surface area contributed by atoms with Crippen LogP contribution in [0.25, 0.3) is 11.4 Å². The SMILES string of the molecule is C=C(NC(C)CC)c1csc(CN(Cc2cccc(C(F)(F)F)c2)Cc2ccc3c(c2)OCO3)n1.C=C(NC1CC1)c1csc(CN(Cc2cccc(C(F)(F)F)c2)Cc2ccc3c(c2)OCO3)n1.CC(C)CCCC(=O)c1csc(CN(Cc2cccc(C(C)(F)F)c2)Cc2ccc3c(c2)OCO3)n1.CCCCCC(=O)c1csc(CN(Cc2cccc(C(C)(F)F)c2)Cc2ccc3c(c2)OCO3)n1. The lowest BCUT2D eigenvalue weighted by Gasteiger charge is -2.22. The lowest BCUT2D eigenvalue weighted by atomic mass is 10.0. The molecule has 0 spiro atoms. The first kappa shape index (κ1) is 104. The first-order valence-electron chi connectivity index (χ1n) is 46.5. The van der Waals surface area contributed by atoms with Crippen LogP contribution in [0.5, 0.6) is 46.0 Å². The van der Waals surface area contributed by atoms with Gasteiger partial charge in [0.05, 0.1) is 60.1 Å². The Balaban J connectivity index is 0.000000149. The summed E-state index contributed by atoms with van der Waals surface area (Å²) in [5, 5.41) is 17.6. The fourth-order valence-corrected chi connectivity index (χ4v) is 19.2. The number of carbonyl (C=O) groups excluding carboxylic acids is 2. The highest BCUT2D eigenvalue weighted by molar-refractivity contribution is 7.10. The molecule has 1 saturated carbocycles. The molecule has 1 fully saturated rings. The number of fused-ring (bicyclic) bond motifs is 4. The van der Waals surface area contributed by atoms with Crippen molar-refractivity contribution in [1.82, 2.24) is 50.2 Å². The van der Waals surface area contributed by atoms with Gasteiger partial charge in [0.1, 0.15) is 31.4 Å². The molecule has 0 saturated heterocycles. The zero-order valence-corrected chi connectivity index (χ0v) is 82.3. The van der Waals surface area contributed by atoms with Crippen LogP contribution in [0, 0.1) is 5.92 Å². The fourth-order valence-electron chi connectivity index (χ4n) is 15.8. The summed E-state index contributed by atoms with van der Waals surface area (Å²) in [5.74, 6) is 0.453. The number of ketones is 2. The van der Waals surface area contributed by atoms with Crippen molar-refractivity contribution < 1.29 is 91.4 Å². The lowest BCUT2D eigenvalue weighted by molar-refractivity contribution is -0.138. The number of Topliss-reactive ketones (excluding diaryl/α,β-unsaturated/α-hetero) is 2. The van der Waals surface area contributed by atoms with Gasteiger partial charge >= 0.3 is 12.4 Å². The molecule has 20 nitrogen and oxygen atoms in total. The molecule has 4 aliphatic heterocycles. The van der Waals surface area contributed by atoms with E-state index in [9.17, 15) is 53.5 Å². The Hall–Kier alpha value is -11.8. The molecule has 12 aromatic rings. The third kappa shape index (κ3) is 31.1. The minimum Gasteiger partial charge on any atom is -0.454 e. The van der Waals surface area contributed by atoms with Crippen molar-refractivity contribution in [3.63, 3.8) is 0 Å². The summed E-state index contributed by atoms with van der Waals surface area (Å²) in [5.41, 5.74) is 9.61. The average molecular weight is 2010 g/mol. The molecule has 34 heteroatoms. The third-order valence-corrected chi connectivity index (χ3v) is 26.7. The third-order valence-electron chi connectivity index (χ3n) is 23.4. The Morgan fingerprint density at radius 1 is 0.379 bits per heavy atom. The van der Waals surface area contributed by atoms with Crippen LogP contribution in [0.15, 0.2) is 205 Å². The van der Waals surface area contributed by atoms with E-state index in [1.807, 2.05) is 106 Å². The maximum Gasteiger partial charge on any atom is 0.416 e. The van der Waals surface area contributed by atoms with E-state index in [0.29, 0.717) is 172 Å². The first-order valence-corrected chi connectivity index (χ1v) is 50.0. The van der Waals surface area contributed by atoms with Gasteiger partial charge in [-0.1, -0.05) is 157 Å². The molecule has 8 aromatic carbocycles. The van der Waals surface area contributed by atoms with Crippen molar-refractivity contribution in [3.05, 3.63) is 314 Å². The average Bonchev–Trinajstić information content (AvgIpc) is 1.60. The summed E-state index contributed by atoms with van der Waals surface area (Å²) in [6.45, 7) is 27.0. The van der Waals surface area contributed by atoms with Gasteiger partial charge in [0.25, 0.3) is 11.8 Å². The van der Waals surface area contributed by atoms with Crippen LogP contribution in [0.1, 0.15) is 232 Å². The molecule has 0 radical (unpaired) electrons. The summed E-state index contributed by atoms with van der Waals surface area (Å²) in [7, 11) is 0. The number of ether oxygens (including phenoxy) is 8. The number of hydrogen-bond donors (Lipinski definition) is 2. The number of benzene rings is 8. The zero-order valence-electron chi connectivity index (χ0n) is 79.1. The second-order valence-corrected chi connectivity index (χ2v) is 39.6. The van der Waals surface area contributed by atoms with Crippen molar-refractivity contribution in [3.8, 4) is 46.0 Å². The van der Waals surface area contributed by atoms with E-state index in [-0.39, 0.29) is 55.9 Å². The summed E-state index contributed by atoms with van der Waals surface area (Å²) in [6, 6.07) is 47.8. The van der Waals surface area contributed by atoms with Crippen LogP contribution in [-0.4, -0.2) is 90.4 Å². The van der Waals surface area contributed by atoms with Gasteiger partial charge < -0.3 is 48.5 Å². The number of carbonyl (C=O) groups is 2. The molecule has 1 atom stereocenters. The van der Waals surface area contributed by atoms with E-state index < -0.39 is 35.3 Å². The number of thiazole rings is 4. The van der Waals surface area contributed by atoms with Gasteiger partial charge in [0.15, 0.2) is 57.6 Å². The number of unbranched alkanes of at least 4 members (excludes halogenated alkanes) is 2. The van der Waals surface area contributed by atoms with Crippen molar-refractivity contribution in [2.24, 2.45) is 5.92 Å². The first-order chi connectivity index (χ1) is 67.0. The minimum atomic E-state index is -4.38. The highest BCUT2D eigenvalue weighted by Crippen LogP contribution is 2.41. The fraction of sp³-hybridized carbons (Fsp3) is 0.377. The van der Waals surface area contributed by atoms with Crippen molar-refractivity contribution in [1.29, 1.82) is 0 Å². The molecular weight excluding hydrogens is 1890 g/mol. The van der Waals surface area contributed by atoms with Crippen molar-refractivity contribution in [2.45, 2.75) is 227 Å². The summed E-state index contributed by atoms with van der Waals surface area (Å²) in [4.78, 5) is 52.1. The molecule has 5 aliphatic rings. The van der Waals surface area contributed by atoms with Gasteiger partial charge in [-0.05, 0) is 162 Å². The Labute approximate surface area is 825 Å². The maximum absolute atomic E-state index is 13.9. The molecule has 0 amide bonds. The minimum absolute atomic E-state index is 0.00718. The van der Waals surface area contributed by atoms with Gasteiger partial charge in [-0.25, -0.2) is 37.5 Å². The van der Waals surface area contributed by atoms with Crippen LogP contribution in [0.4, 0.5) is 43.9 Å². The molecule has 742 valence electrons. The number of rotatable bonds is 43. The highest BCUT2D eigenvalue weighted by Gasteiger charge is 2.34. The van der Waals surface area contributed by atoms with Crippen LogP contribution in [0.3, 0.4) is 0 Å². The van der Waals surface area contributed by atoms with E-state index in [0.717, 1.165) is 154 Å². The van der Waals surface area contributed by atoms with Crippen molar-refractivity contribution >= 4 is 68.3 Å². The van der Waals surface area contributed by atoms with Gasteiger partial charge in [0.2, 0.25) is 27.2 Å². The molecule has 1 aliphatic carbocycles. The standard InChI is InChI=1S/C28H32F2N2O3S.C27H30F2N2O3S.C26H28F3N3O2S.C25H24F3N3O2S/c1-19(2)6-4-9-24(33)23-17-36-27(31-23)16-32(14-20-7-5-8-22(12-20)28(3,29)30)15-21-10-11-25-26(13-21)35-18-34-25;1-3-4-5-9-23(32)22-17-35-26(30-22)16-31(14-19-7-6-8-21(12-19)27(2,28)29)15-20-10-11-24-25(13-20)34-18-33-24;1-4-17(2)30-18(3)22-15-35-25(31-22)14-32(12-19-6-5-7-21(10-19)26(27,28)29)13-20-8-9-23-24(11-20)34-16-33-23;1-16(29-20-6-7-20)21-14-34-24(30-21)13-31(11-17-3-2-4-19(9-17)25(26,27)28)12-18-5-8-22-23(10-18)33-15-32-22/h5,7-8,10-13,17,19H,4,6,9,14-16,18H2,1-3H3;6-8,10-13,17H,3-5,9,14-16,18H2,1-2H3;5-11,15,17,30H,3-4,12-14,16H2,1-2H3;2-5,8-10,14,20,29H,1,6-7,11-13,15H2. The molecule has 2 N–H and O–H groups in total. The molecular formula is C106H114F10N10O10S4. The van der Waals surface area contributed by atoms with Crippen molar-refractivity contribution in [2.75, 3.05) is 27.2 Å². The topological polar surface area (TPSA) is 197 Å². The van der Waals surface area contributed by atoms with E-state index in [1.54, 1.807) is 36.4 Å². The lowest BCUT2D eigenvalue weighted by Crippen LogP contribution is -2.24. The van der Waals surface area contributed by atoms with Crippen LogP contribution < -0.4 is 48.5 Å². The monoisotopic (exact) mass is 2000 g/mol. The van der Waals surface area contributed by atoms with Crippen LogP contribution >= 0.6 is 45.3 Å². The van der Waals surface area contributed by atoms with Gasteiger partial charge in [-0.3, -0.25) is 29.2 Å². The number of nitrogens with one attached hydrogen (secondary N) is 2. The van der Waals surface area contributed by atoms with E-state index >= 15 is 0 Å². The second kappa shape index (κ2) is 48.1. The predicted molar refractivity (Wildman–Crippen MR) is 524 cm³/mol. The number of alkyl halides is 10. The number of aromatic nitrogens is 4. The largest absolute Gasteiger partial charge is 0.454 e. The Bertz CT molecular complexity index is 6190. The van der Waals surface area contributed by atoms with Crippen LogP contribution in [-0.2, 0) is 103 Å². The number of nitrogens with zero attached hydrogens (tertiary/aromatic N) is 8. The number of hydrogen-bond acceptors (Lipinski definition) is 24. The summed E-state index contributed by atoms with van der Waals surface area (Å²) < 4.78 is 179. The molecule has 4 aromatic heterocycles. The summed E-state index contributed by atoms with van der Waals surface area (Å²) >= 11 is 5.95. The number of halogens is 10. The van der Waals surface area contributed by atoms with Gasteiger partial charge in [-0.2, -0.15) is 26.3 Å². The quantitative estimate of drug-likeness (QED) is 0.0208. The van der Waals surface area contributed by atoms with Gasteiger partial charge in [0, 0.05) is 124 Å². The molecule has 140 heavy (non-hydrogen) atoms. The smallest absolute Gasteiger partial charge is 0.416 e. The normalized spacial score (nSPS) is 13.7. The molecule has 0 bridgehead atoms. The zero-order chi connectivity index (χ0) is 99.3. The highest BCUT2D eigenvalue weighted by atomic mass is 32.1. The predicted octanol–water partition coefficient (Wildman–Crippen LogP) is 26.4.